The summed E-state index contributed by atoms with van der Waals surface area (Å²) in [7, 11) is 0. The fourth-order valence-corrected chi connectivity index (χ4v) is 4.07. The topological polar surface area (TPSA) is 23.5 Å². The molecule has 2 aliphatic rings. The van der Waals surface area contributed by atoms with Crippen LogP contribution in [0.5, 0.6) is 5.75 Å². The summed E-state index contributed by atoms with van der Waals surface area (Å²) in [4.78, 5) is 2.60. The molecule has 2 aromatic carbocycles. The second-order valence-electron chi connectivity index (χ2n) is 6.36. The summed E-state index contributed by atoms with van der Waals surface area (Å²) in [5.41, 5.74) is 4.20. The maximum Gasteiger partial charge on any atom is 0.115 e. The molecule has 2 aromatic rings. The number of nitrogens with zero attached hydrogens (tertiary/aromatic N) is 1. The molecule has 0 aromatic heterocycles. The minimum absolute atomic E-state index is 0.402. The van der Waals surface area contributed by atoms with Crippen molar-refractivity contribution in [2.45, 2.75) is 37.8 Å². The maximum absolute atomic E-state index is 9.84. The van der Waals surface area contributed by atoms with E-state index in [9.17, 15) is 5.11 Å². The Morgan fingerprint density at radius 3 is 2.76 bits per heavy atom. The number of hydrogen-bond acceptors (Lipinski definition) is 2. The fraction of sp³-hybridized carbons (Fsp3) is 0.368. The molecule has 1 fully saturated rings. The van der Waals surface area contributed by atoms with Crippen molar-refractivity contribution in [3.05, 3.63) is 65.2 Å². The summed E-state index contributed by atoms with van der Waals surface area (Å²) < 4.78 is 0. The molecule has 21 heavy (non-hydrogen) atoms. The Morgan fingerprint density at radius 1 is 1.05 bits per heavy atom. The van der Waals surface area contributed by atoms with E-state index in [1.165, 1.54) is 36.0 Å². The zero-order valence-corrected chi connectivity index (χ0v) is 12.2. The van der Waals surface area contributed by atoms with Crippen LogP contribution in [0.25, 0.3) is 0 Å². The van der Waals surface area contributed by atoms with Crippen molar-refractivity contribution in [3.8, 4) is 5.75 Å². The van der Waals surface area contributed by atoms with Crippen LogP contribution in [-0.4, -0.2) is 16.6 Å². The molecule has 0 saturated carbocycles. The molecular formula is C19H21NO. The van der Waals surface area contributed by atoms with Gasteiger partial charge in [-0.05, 0) is 60.5 Å². The van der Waals surface area contributed by atoms with Crippen molar-refractivity contribution in [2.24, 2.45) is 0 Å². The molecule has 2 atom stereocenters. The Morgan fingerprint density at radius 2 is 1.90 bits per heavy atom. The molecule has 1 unspecified atom stereocenters. The normalized spacial score (nSPS) is 24.6. The van der Waals surface area contributed by atoms with E-state index in [1.54, 1.807) is 0 Å². The predicted octanol–water partition coefficient (Wildman–Crippen LogP) is 4.22. The average molecular weight is 279 g/mol. The number of benzene rings is 2. The number of rotatable bonds is 2. The molecule has 2 nitrogen and oxygen atoms in total. The van der Waals surface area contributed by atoms with Crippen LogP contribution in [0.4, 0.5) is 0 Å². The summed E-state index contributed by atoms with van der Waals surface area (Å²) in [6.45, 7) is 2.17. The Bertz CT molecular complexity index is 637. The highest BCUT2D eigenvalue weighted by atomic mass is 16.3. The van der Waals surface area contributed by atoms with Crippen LogP contribution < -0.4 is 0 Å². The number of likely N-dealkylation sites (tertiary alicyclic amines) is 1. The highest BCUT2D eigenvalue weighted by Crippen LogP contribution is 2.49. The zero-order chi connectivity index (χ0) is 14.2. The van der Waals surface area contributed by atoms with Crippen LogP contribution in [-0.2, 0) is 6.54 Å². The Hall–Kier alpha value is -1.80. The first-order valence-corrected chi connectivity index (χ1v) is 7.92. The molecule has 1 N–H and O–H groups in total. The molecule has 4 rings (SSSR count). The third-order valence-electron chi connectivity index (χ3n) is 5.04. The quantitative estimate of drug-likeness (QED) is 0.890. The summed E-state index contributed by atoms with van der Waals surface area (Å²) in [5, 5.41) is 9.84. The van der Waals surface area contributed by atoms with Crippen LogP contribution >= 0.6 is 0 Å². The van der Waals surface area contributed by atoms with Gasteiger partial charge in [-0.15, -0.1) is 0 Å². The highest BCUT2D eigenvalue weighted by Gasteiger charge is 2.36. The van der Waals surface area contributed by atoms with E-state index in [2.05, 4.69) is 41.3 Å². The molecule has 1 heterocycles. The molecule has 1 aliphatic carbocycles. The second-order valence-corrected chi connectivity index (χ2v) is 6.36. The summed E-state index contributed by atoms with van der Waals surface area (Å²) in [5.74, 6) is 1.09. The van der Waals surface area contributed by atoms with E-state index in [1.807, 2.05) is 12.1 Å². The smallest absolute Gasteiger partial charge is 0.115 e. The molecule has 108 valence electrons. The van der Waals surface area contributed by atoms with E-state index < -0.39 is 0 Å². The van der Waals surface area contributed by atoms with Gasteiger partial charge in [0.2, 0.25) is 0 Å². The SMILES string of the molecule is Oc1ccc2c(c1)C1C[C@@H]2CCCN1Cc1ccccc1. The average Bonchev–Trinajstić information content (AvgIpc) is 2.71. The fourth-order valence-electron chi connectivity index (χ4n) is 4.07. The monoisotopic (exact) mass is 279 g/mol. The van der Waals surface area contributed by atoms with Crippen LogP contribution in [0.2, 0.25) is 0 Å². The standard InChI is InChI=1S/C19H21NO/c21-16-8-9-17-15-7-4-10-20(19(11-15)18(17)12-16)13-14-5-2-1-3-6-14/h1-3,5-6,8-9,12,15,19,21H,4,7,10-11,13H2/t15-,19?/m0/s1. The number of hydrogen-bond donors (Lipinski definition) is 1. The van der Waals surface area contributed by atoms with Gasteiger partial charge < -0.3 is 5.11 Å². The molecule has 1 saturated heterocycles. The lowest BCUT2D eigenvalue weighted by Gasteiger charge is -2.29. The van der Waals surface area contributed by atoms with E-state index in [0.717, 1.165) is 13.1 Å². The first-order valence-electron chi connectivity index (χ1n) is 7.92. The molecule has 0 amide bonds. The number of aromatic hydroxyl groups is 1. The Balaban J connectivity index is 1.67. The molecule has 0 spiro atoms. The first-order chi connectivity index (χ1) is 10.3. The van der Waals surface area contributed by atoms with Gasteiger partial charge in [-0.2, -0.15) is 0 Å². The highest BCUT2D eigenvalue weighted by molar-refractivity contribution is 5.43. The maximum atomic E-state index is 9.84. The molecule has 2 bridgehead atoms. The van der Waals surface area contributed by atoms with E-state index >= 15 is 0 Å². The van der Waals surface area contributed by atoms with Crippen molar-refractivity contribution >= 4 is 0 Å². The summed E-state index contributed by atoms with van der Waals surface area (Å²) in [6.07, 6.45) is 3.76. The third-order valence-corrected chi connectivity index (χ3v) is 5.04. The van der Waals surface area contributed by atoms with Crippen molar-refractivity contribution in [1.29, 1.82) is 0 Å². The van der Waals surface area contributed by atoms with Crippen LogP contribution in [0, 0.1) is 0 Å². The summed E-state index contributed by atoms with van der Waals surface area (Å²) in [6, 6.07) is 17.2. The van der Waals surface area contributed by atoms with Crippen LogP contribution in [0.1, 0.15) is 47.9 Å². The van der Waals surface area contributed by atoms with Crippen molar-refractivity contribution < 1.29 is 5.11 Å². The van der Waals surface area contributed by atoms with E-state index in [-0.39, 0.29) is 0 Å². The van der Waals surface area contributed by atoms with E-state index in [0.29, 0.717) is 17.7 Å². The van der Waals surface area contributed by atoms with Crippen LogP contribution in [0.3, 0.4) is 0 Å². The van der Waals surface area contributed by atoms with Gasteiger partial charge in [-0.25, -0.2) is 0 Å². The minimum Gasteiger partial charge on any atom is -0.508 e. The van der Waals surface area contributed by atoms with Crippen molar-refractivity contribution in [3.63, 3.8) is 0 Å². The minimum atomic E-state index is 0.402. The van der Waals surface area contributed by atoms with Gasteiger partial charge in [-0.3, -0.25) is 4.90 Å². The van der Waals surface area contributed by atoms with Crippen LogP contribution in [0.15, 0.2) is 48.5 Å². The second kappa shape index (κ2) is 5.19. The predicted molar refractivity (Wildman–Crippen MR) is 84.3 cm³/mol. The van der Waals surface area contributed by atoms with Crippen molar-refractivity contribution in [1.82, 2.24) is 4.90 Å². The van der Waals surface area contributed by atoms with Gasteiger partial charge in [0.15, 0.2) is 0 Å². The van der Waals surface area contributed by atoms with Gasteiger partial charge in [-0.1, -0.05) is 36.4 Å². The molecule has 0 radical (unpaired) electrons. The largest absolute Gasteiger partial charge is 0.508 e. The first kappa shape index (κ1) is 12.9. The number of fused-ring (bicyclic) bond motifs is 5. The lowest BCUT2D eigenvalue weighted by atomic mass is 9.96. The van der Waals surface area contributed by atoms with E-state index in [4.69, 9.17) is 0 Å². The Labute approximate surface area is 126 Å². The summed E-state index contributed by atoms with van der Waals surface area (Å²) >= 11 is 0. The molecule has 2 heteroatoms. The van der Waals surface area contributed by atoms with Crippen molar-refractivity contribution in [2.75, 3.05) is 6.54 Å². The number of phenolic OH excluding ortho intramolecular Hbond substituents is 1. The van der Waals surface area contributed by atoms with Gasteiger partial charge in [0.25, 0.3) is 0 Å². The lowest BCUT2D eigenvalue weighted by Crippen LogP contribution is -2.27. The zero-order valence-electron chi connectivity index (χ0n) is 12.2. The van der Waals surface area contributed by atoms with Gasteiger partial charge in [0, 0.05) is 12.6 Å². The molecular weight excluding hydrogens is 258 g/mol. The third kappa shape index (κ3) is 2.34. The molecule has 1 aliphatic heterocycles. The van der Waals surface area contributed by atoms with Gasteiger partial charge in [0.05, 0.1) is 0 Å². The van der Waals surface area contributed by atoms with Gasteiger partial charge in [0.1, 0.15) is 5.75 Å². The lowest BCUT2D eigenvalue weighted by molar-refractivity contribution is 0.197. The van der Waals surface area contributed by atoms with Gasteiger partial charge >= 0.3 is 0 Å². The Kier molecular flexibility index (Phi) is 3.19. The number of phenols is 1.